The predicted molar refractivity (Wildman–Crippen MR) is 75.8 cm³/mol. The topological polar surface area (TPSA) is 85.1 Å². The van der Waals surface area contributed by atoms with Crippen LogP contribution < -0.4 is 14.4 Å². The highest BCUT2D eigenvalue weighted by atomic mass is 16.6. The molecule has 0 aliphatic carbocycles. The summed E-state index contributed by atoms with van der Waals surface area (Å²) in [6.07, 6.45) is 0.811. The third-order valence-electron chi connectivity index (χ3n) is 2.88. The molecular weight excluding hydrogens is 264 g/mol. The third-order valence-corrected chi connectivity index (χ3v) is 2.88. The number of hydrogen-bond donors (Lipinski definition) is 1. The minimum Gasteiger partial charge on any atom is -0.493 e. The summed E-state index contributed by atoms with van der Waals surface area (Å²) in [5.74, 6) is 0.732. The van der Waals surface area contributed by atoms with E-state index < -0.39 is 4.92 Å². The zero-order chi connectivity index (χ0) is 15.1. The fourth-order valence-electron chi connectivity index (χ4n) is 2.00. The van der Waals surface area contributed by atoms with Crippen molar-refractivity contribution in [3.05, 3.63) is 22.2 Å². The Morgan fingerprint density at radius 1 is 1.25 bits per heavy atom. The SMILES string of the molecule is CCCN(CCO)c1cc(OC)c(OC)cc1[N+](=O)[O-]. The number of hydrogen-bond acceptors (Lipinski definition) is 6. The van der Waals surface area contributed by atoms with Crippen molar-refractivity contribution in [3.8, 4) is 11.5 Å². The Kier molecular flexibility index (Phi) is 6.05. The highest BCUT2D eigenvalue weighted by Gasteiger charge is 2.23. The van der Waals surface area contributed by atoms with Gasteiger partial charge in [-0.25, -0.2) is 0 Å². The lowest BCUT2D eigenvalue weighted by atomic mass is 10.2. The number of methoxy groups -OCH3 is 2. The van der Waals surface area contributed by atoms with Gasteiger partial charge in [0.1, 0.15) is 5.69 Å². The molecule has 0 saturated carbocycles. The van der Waals surface area contributed by atoms with Crippen molar-refractivity contribution in [1.82, 2.24) is 0 Å². The molecule has 1 aromatic carbocycles. The molecule has 0 aliphatic rings. The van der Waals surface area contributed by atoms with Crippen LogP contribution in [0, 0.1) is 10.1 Å². The molecule has 7 heteroatoms. The minimum atomic E-state index is -0.461. The smallest absolute Gasteiger partial charge is 0.296 e. The molecule has 0 aliphatic heterocycles. The molecule has 0 fully saturated rings. The number of ether oxygens (including phenoxy) is 2. The third kappa shape index (κ3) is 3.51. The van der Waals surface area contributed by atoms with Crippen molar-refractivity contribution >= 4 is 11.4 Å². The molecular formula is C13H20N2O5. The summed E-state index contributed by atoms with van der Waals surface area (Å²) in [4.78, 5) is 12.5. The standard InChI is InChI=1S/C13H20N2O5/c1-4-5-14(6-7-16)10-8-12(19-2)13(20-3)9-11(10)15(17)18/h8-9,16H,4-7H2,1-3H3. The van der Waals surface area contributed by atoms with Gasteiger partial charge in [0.2, 0.25) is 0 Å². The van der Waals surface area contributed by atoms with Gasteiger partial charge in [-0.15, -0.1) is 0 Å². The van der Waals surface area contributed by atoms with Crippen molar-refractivity contribution in [1.29, 1.82) is 0 Å². The first-order valence-electron chi connectivity index (χ1n) is 6.35. The molecule has 0 aromatic heterocycles. The maximum atomic E-state index is 11.2. The first kappa shape index (κ1) is 16.0. The molecule has 112 valence electrons. The largest absolute Gasteiger partial charge is 0.493 e. The van der Waals surface area contributed by atoms with E-state index in [1.807, 2.05) is 6.92 Å². The Morgan fingerprint density at radius 3 is 2.30 bits per heavy atom. The average molecular weight is 284 g/mol. The van der Waals surface area contributed by atoms with Crippen LogP contribution in [0.3, 0.4) is 0 Å². The molecule has 0 unspecified atom stereocenters. The molecule has 0 amide bonds. The van der Waals surface area contributed by atoms with Crippen molar-refractivity contribution in [2.24, 2.45) is 0 Å². The first-order chi connectivity index (χ1) is 9.58. The summed E-state index contributed by atoms with van der Waals surface area (Å²) in [6.45, 7) is 2.82. The quantitative estimate of drug-likeness (QED) is 0.579. The number of nitro benzene ring substituents is 1. The second-order valence-corrected chi connectivity index (χ2v) is 4.16. The summed E-state index contributed by atoms with van der Waals surface area (Å²) in [5, 5.41) is 20.3. The Morgan fingerprint density at radius 2 is 1.85 bits per heavy atom. The van der Waals surface area contributed by atoms with Crippen LogP contribution in [-0.4, -0.2) is 43.9 Å². The highest BCUT2D eigenvalue weighted by Crippen LogP contribution is 2.39. The van der Waals surface area contributed by atoms with Crippen LogP contribution >= 0.6 is 0 Å². The minimum absolute atomic E-state index is 0.0652. The normalized spacial score (nSPS) is 10.2. The number of nitro groups is 1. The summed E-state index contributed by atoms with van der Waals surface area (Å²) in [5.41, 5.74) is 0.355. The molecule has 0 atom stereocenters. The number of aliphatic hydroxyl groups excluding tert-OH is 1. The highest BCUT2D eigenvalue weighted by molar-refractivity contribution is 5.69. The molecule has 7 nitrogen and oxygen atoms in total. The van der Waals surface area contributed by atoms with Gasteiger partial charge in [0.25, 0.3) is 5.69 Å². The Hall–Kier alpha value is -2.02. The van der Waals surface area contributed by atoms with Crippen LogP contribution in [0.5, 0.6) is 11.5 Å². The van der Waals surface area contributed by atoms with E-state index in [9.17, 15) is 10.1 Å². The van der Waals surface area contributed by atoms with E-state index in [-0.39, 0.29) is 12.3 Å². The van der Waals surface area contributed by atoms with Crippen molar-refractivity contribution in [2.75, 3.05) is 38.8 Å². The maximum Gasteiger partial charge on any atom is 0.296 e. The van der Waals surface area contributed by atoms with E-state index in [1.54, 1.807) is 11.0 Å². The van der Waals surface area contributed by atoms with E-state index in [2.05, 4.69) is 0 Å². The van der Waals surface area contributed by atoms with Gasteiger partial charge < -0.3 is 19.5 Å². The number of aliphatic hydroxyl groups is 1. The van der Waals surface area contributed by atoms with Crippen LogP contribution in [0.25, 0.3) is 0 Å². The van der Waals surface area contributed by atoms with Gasteiger partial charge in [0.15, 0.2) is 11.5 Å². The summed E-state index contributed by atoms with van der Waals surface area (Å²) < 4.78 is 10.3. The van der Waals surface area contributed by atoms with E-state index in [4.69, 9.17) is 14.6 Å². The number of benzene rings is 1. The van der Waals surface area contributed by atoms with Gasteiger partial charge in [-0.2, -0.15) is 0 Å². The van der Waals surface area contributed by atoms with Crippen LogP contribution in [0.15, 0.2) is 12.1 Å². The molecule has 1 aromatic rings. The van der Waals surface area contributed by atoms with E-state index in [1.165, 1.54) is 20.3 Å². The Labute approximate surface area is 117 Å². The van der Waals surface area contributed by atoms with Crippen molar-refractivity contribution in [2.45, 2.75) is 13.3 Å². The van der Waals surface area contributed by atoms with E-state index in [0.717, 1.165) is 6.42 Å². The van der Waals surface area contributed by atoms with Gasteiger partial charge in [-0.1, -0.05) is 6.92 Å². The maximum absolute atomic E-state index is 11.2. The number of nitrogens with zero attached hydrogens (tertiary/aromatic N) is 2. The second-order valence-electron chi connectivity index (χ2n) is 4.16. The van der Waals surface area contributed by atoms with Crippen LogP contribution in [0.4, 0.5) is 11.4 Å². The molecule has 0 heterocycles. The second kappa shape index (κ2) is 7.54. The zero-order valence-corrected chi connectivity index (χ0v) is 12.0. The van der Waals surface area contributed by atoms with Gasteiger partial charge in [-0.3, -0.25) is 10.1 Å². The number of anilines is 1. The molecule has 0 saturated heterocycles. The van der Waals surface area contributed by atoms with Gasteiger partial charge in [0, 0.05) is 19.2 Å². The van der Waals surface area contributed by atoms with Gasteiger partial charge in [-0.05, 0) is 6.42 Å². The Bertz CT molecular complexity index is 458. The van der Waals surface area contributed by atoms with E-state index >= 15 is 0 Å². The lowest BCUT2D eigenvalue weighted by Crippen LogP contribution is -2.28. The van der Waals surface area contributed by atoms with Gasteiger partial charge in [0.05, 0.1) is 31.8 Å². The summed E-state index contributed by atoms with van der Waals surface area (Å²) in [6, 6.07) is 2.91. The van der Waals surface area contributed by atoms with Crippen LogP contribution in [0.2, 0.25) is 0 Å². The van der Waals surface area contributed by atoms with Crippen molar-refractivity contribution in [3.63, 3.8) is 0 Å². The predicted octanol–water partition coefficient (Wildman–Crippen LogP) is 1.82. The monoisotopic (exact) mass is 284 g/mol. The molecule has 1 N–H and O–H groups in total. The molecule has 0 spiro atoms. The summed E-state index contributed by atoms with van der Waals surface area (Å²) in [7, 11) is 2.91. The molecule has 0 radical (unpaired) electrons. The fraction of sp³-hybridized carbons (Fsp3) is 0.538. The molecule has 20 heavy (non-hydrogen) atoms. The van der Waals surface area contributed by atoms with Crippen molar-refractivity contribution < 1.29 is 19.5 Å². The Balaban J connectivity index is 3.36. The fourth-order valence-corrected chi connectivity index (χ4v) is 2.00. The van der Waals surface area contributed by atoms with Crippen LogP contribution in [0.1, 0.15) is 13.3 Å². The van der Waals surface area contributed by atoms with Gasteiger partial charge >= 0.3 is 0 Å². The first-order valence-corrected chi connectivity index (χ1v) is 6.35. The molecule has 1 rings (SSSR count). The molecule has 0 bridgehead atoms. The van der Waals surface area contributed by atoms with Crippen LogP contribution in [-0.2, 0) is 0 Å². The van der Waals surface area contributed by atoms with E-state index in [0.29, 0.717) is 30.3 Å². The average Bonchev–Trinajstić information content (AvgIpc) is 2.45. The lowest BCUT2D eigenvalue weighted by molar-refractivity contribution is -0.384. The number of rotatable bonds is 8. The zero-order valence-electron chi connectivity index (χ0n) is 12.0. The summed E-state index contributed by atoms with van der Waals surface area (Å²) >= 11 is 0. The lowest BCUT2D eigenvalue weighted by Gasteiger charge is -2.24.